The summed E-state index contributed by atoms with van der Waals surface area (Å²) >= 11 is 0. The predicted octanol–water partition coefficient (Wildman–Crippen LogP) is 0.567. The summed E-state index contributed by atoms with van der Waals surface area (Å²) in [6, 6.07) is 4.63. The minimum Gasteiger partial charge on any atom is -0.497 e. The number of benzene rings is 1. The number of nitro benzene ring substituents is 1. The molecule has 6 heteroatoms. The normalized spacial score (nSPS) is 9.86. The Bertz CT molecular complexity index is 341. The molecular formula is C8H11N3O3. The highest BCUT2D eigenvalue weighted by atomic mass is 16.6. The van der Waals surface area contributed by atoms with Gasteiger partial charge in [0, 0.05) is 12.1 Å². The van der Waals surface area contributed by atoms with Crippen molar-refractivity contribution in [2.45, 2.75) is 6.54 Å². The molecule has 0 amide bonds. The first-order valence-corrected chi connectivity index (χ1v) is 3.93. The number of ether oxygens (including phenoxy) is 1. The van der Waals surface area contributed by atoms with E-state index in [1.54, 1.807) is 12.1 Å². The van der Waals surface area contributed by atoms with Gasteiger partial charge in [-0.25, -0.2) is 0 Å². The molecule has 0 radical (unpaired) electrons. The maximum atomic E-state index is 10.6. The van der Waals surface area contributed by atoms with E-state index in [1.807, 2.05) is 0 Å². The Morgan fingerprint density at radius 1 is 1.64 bits per heavy atom. The Hall–Kier alpha value is -1.66. The third-order valence-electron chi connectivity index (χ3n) is 1.78. The van der Waals surface area contributed by atoms with Crippen molar-refractivity contribution in [1.29, 1.82) is 0 Å². The lowest BCUT2D eigenvalue weighted by Gasteiger charge is -2.04. The monoisotopic (exact) mass is 197 g/mol. The molecule has 1 aromatic rings. The van der Waals surface area contributed by atoms with E-state index in [-0.39, 0.29) is 12.2 Å². The summed E-state index contributed by atoms with van der Waals surface area (Å²) in [5.41, 5.74) is 2.90. The van der Waals surface area contributed by atoms with Crippen molar-refractivity contribution < 1.29 is 9.66 Å². The largest absolute Gasteiger partial charge is 0.497 e. The molecule has 0 fully saturated rings. The van der Waals surface area contributed by atoms with Crippen molar-refractivity contribution in [2.75, 3.05) is 7.11 Å². The number of rotatable bonds is 4. The zero-order chi connectivity index (χ0) is 10.6. The zero-order valence-corrected chi connectivity index (χ0v) is 7.69. The molecule has 0 heterocycles. The first kappa shape index (κ1) is 10.4. The standard InChI is InChI=1S/C8H11N3O3/c1-14-7-3-2-6(5-10-9)8(4-7)11(12)13/h2-4,10H,5,9H2,1H3. The van der Waals surface area contributed by atoms with E-state index in [9.17, 15) is 10.1 Å². The topological polar surface area (TPSA) is 90.4 Å². The third-order valence-corrected chi connectivity index (χ3v) is 1.78. The second-order valence-corrected chi connectivity index (χ2v) is 2.63. The van der Waals surface area contributed by atoms with Gasteiger partial charge in [-0.2, -0.15) is 0 Å². The number of methoxy groups -OCH3 is 1. The van der Waals surface area contributed by atoms with Crippen molar-refractivity contribution >= 4 is 5.69 Å². The van der Waals surface area contributed by atoms with Crippen LogP contribution in [0.4, 0.5) is 5.69 Å². The molecule has 0 unspecified atom stereocenters. The highest BCUT2D eigenvalue weighted by Crippen LogP contribution is 2.24. The number of nitrogens with zero attached hydrogens (tertiary/aromatic N) is 1. The van der Waals surface area contributed by atoms with E-state index in [4.69, 9.17) is 10.6 Å². The van der Waals surface area contributed by atoms with Crippen molar-refractivity contribution in [3.8, 4) is 5.75 Å². The van der Waals surface area contributed by atoms with Gasteiger partial charge in [0.25, 0.3) is 5.69 Å². The number of hydrogen-bond donors (Lipinski definition) is 2. The maximum absolute atomic E-state index is 10.6. The number of nitrogens with one attached hydrogen (secondary N) is 1. The van der Waals surface area contributed by atoms with E-state index in [0.29, 0.717) is 11.3 Å². The lowest BCUT2D eigenvalue weighted by molar-refractivity contribution is -0.385. The van der Waals surface area contributed by atoms with Crippen LogP contribution in [0.5, 0.6) is 5.75 Å². The second kappa shape index (κ2) is 4.54. The molecule has 1 aromatic carbocycles. The van der Waals surface area contributed by atoms with Crippen LogP contribution in [0.1, 0.15) is 5.56 Å². The molecule has 0 aromatic heterocycles. The minimum absolute atomic E-state index is 0.00213. The average Bonchev–Trinajstić information content (AvgIpc) is 2.18. The average molecular weight is 197 g/mol. The van der Waals surface area contributed by atoms with Gasteiger partial charge in [-0.05, 0) is 12.1 Å². The Kier molecular flexibility index (Phi) is 3.38. The van der Waals surface area contributed by atoms with Crippen LogP contribution in [0.2, 0.25) is 0 Å². The quantitative estimate of drug-likeness (QED) is 0.418. The van der Waals surface area contributed by atoms with Gasteiger partial charge in [0.15, 0.2) is 0 Å². The van der Waals surface area contributed by atoms with Crippen LogP contribution in [0, 0.1) is 10.1 Å². The summed E-state index contributed by atoms with van der Waals surface area (Å²) in [4.78, 5) is 10.2. The predicted molar refractivity (Wildman–Crippen MR) is 50.7 cm³/mol. The van der Waals surface area contributed by atoms with Gasteiger partial charge in [-0.1, -0.05) is 0 Å². The number of nitrogens with two attached hydrogens (primary N) is 1. The molecule has 0 aliphatic carbocycles. The molecule has 1 rings (SSSR count). The van der Waals surface area contributed by atoms with Gasteiger partial charge in [0.2, 0.25) is 0 Å². The van der Waals surface area contributed by atoms with Crippen LogP contribution in [-0.4, -0.2) is 12.0 Å². The van der Waals surface area contributed by atoms with Gasteiger partial charge in [-0.3, -0.25) is 21.4 Å². The Morgan fingerprint density at radius 3 is 2.86 bits per heavy atom. The second-order valence-electron chi connectivity index (χ2n) is 2.63. The van der Waals surface area contributed by atoms with Crippen LogP contribution in [0.3, 0.4) is 0 Å². The molecule has 0 bridgehead atoms. The smallest absolute Gasteiger partial charge is 0.277 e. The lowest BCUT2D eigenvalue weighted by Crippen LogP contribution is -2.21. The van der Waals surface area contributed by atoms with Gasteiger partial charge in [0.05, 0.1) is 18.1 Å². The van der Waals surface area contributed by atoms with Crippen LogP contribution >= 0.6 is 0 Å². The summed E-state index contributed by atoms with van der Waals surface area (Å²) in [5, 5.41) is 10.6. The number of hydrazine groups is 1. The van der Waals surface area contributed by atoms with Crippen LogP contribution in [0.15, 0.2) is 18.2 Å². The summed E-state index contributed by atoms with van der Waals surface area (Å²) in [7, 11) is 1.46. The van der Waals surface area contributed by atoms with Gasteiger partial charge < -0.3 is 4.74 Å². The van der Waals surface area contributed by atoms with Crippen molar-refractivity contribution in [2.24, 2.45) is 5.84 Å². The Balaban J connectivity index is 3.10. The summed E-state index contributed by atoms with van der Waals surface area (Å²) < 4.78 is 4.88. The fourth-order valence-corrected chi connectivity index (χ4v) is 1.10. The van der Waals surface area contributed by atoms with Crippen molar-refractivity contribution in [3.63, 3.8) is 0 Å². The number of hydrogen-bond acceptors (Lipinski definition) is 5. The fourth-order valence-electron chi connectivity index (χ4n) is 1.10. The lowest BCUT2D eigenvalue weighted by atomic mass is 10.2. The van der Waals surface area contributed by atoms with Gasteiger partial charge >= 0.3 is 0 Å². The molecule has 0 aliphatic rings. The van der Waals surface area contributed by atoms with E-state index in [1.165, 1.54) is 13.2 Å². The SMILES string of the molecule is COc1ccc(CNN)c([N+](=O)[O-])c1. The summed E-state index contributed by atoms with van der Waals surface area (Å²) in [6.07, 6.45) is 0. The summed E-state index contributed by atoms with van der Waals surface area (Å²) in [5.74, 6) is 5.55. The van der Waals surface area contributed by atoms with E-state index in [2.05, 4.69) is 5.43 Å². The van der Waals surface area contributed by atoms with E-state index >= 15 is 0 Å². The molecule has 3 N–H and O–H groups in total. The molecule has 0 saturated carbocycles. The van der Waals surface area contributed by atoms with Gasteiger partial charge in [0.1, 0.15) is 5.75 Å². The van der Waals surface area contributed by atoms with Crippen LogP contribution < -0.4 is 16.0 Å². The third kappa shape index (κ3) is 2.18. The van der Waals surface area contributed by atoms with E-state index in [0.717, 1.165) is 0 Å². The minimum atomic E-state index is -0.463. The van der Waals surface area contributed by atoms with Crippen LogP contribution in [0.25, 0.3) is 0 Å². The maximum Gasteiger partial charge on any atom is 0.277 e. The number of nitro groups is 1. The van der Waals surface area contributed by atoms with E-state index < -0.39 is 4.92 Å². The molecule has 6 nitrogen and oxygen atoms in total. The molecule has 0 spiro atoms. The molecular weight excluding hydrogens is 186 g/mol. The zero-order valence-electron chi connectivity index (χ0n) is 7.69. The van der Waals surface area contributed by atoms with Crippen molar-refractivity contribution in [1.82, 2.24) is 5.43 Å². The molecule has 0 saturated heterocycles. The fraction of sp³-hybridized carbons (Fsp3) is 0.250. The molecule has 0 atom stereocenters. The molecule has 0 aliphatic heterocycles. The highest BCUT2D eigenvalue weighted by Gasteiger charge is 2.13. The molecule has 76 valence electrons. The first-order chi connectivity index (χ1) is 6.69. The van der Waals surface area contributed by atoms with Crippen LogP contribution in [-0.2, 0) is 6.54 Å². The summed E-state index contributed by atoms with van der Waals surface area (Å²) in [6.45, 7) is 0.250. The van der Waals surface area contributed by atoms with Gasteiger partial charge in [-0.15, -0.1) is 0 Å². The highest BCUT2D eigenvalue weighted by molar-refractivity contribution is 5.45. The Labute approximate surface area is 80.8 Å². The molecule has 14 heavy (non-hydrogen) atoms. The van der Waals surface area contributed by atoms with Crippen molar-refractivity contribution in [3.05, 3.63) is 33.9 Å². The first-order valence-electron chi connectivity index (χ1n) is 3.93. The Morgan fingerprint density at radius 2 is 2.36 bits per heavy atom.